The molecule has 0 N–H and O–H groups in total. The van der Waals surface area contributed by atoms with Gasteiger partial charge in [-0.3, -0.25) is 0 Å². The van der Waals surface area contributed by atoms with Crippen LogP contribution in [-0.4, -0.2) is 0 Å². The van der Waals surface area contributed by atoms with Crippen LogP contribution in [0.5, 0.6) is 0 Å². The molecule has 2 aromatic rings. The number of halogens is 3. The zero-order valence-corrected chi connectivity index (χ0v) is 10.7. The number of alkyl halides is 3. The Morgan fingerprint density at radius 2 is 1.16 bits per heavy atom. The highest BCUT2D eigenvalue weighted by Crippen LogP contribution is 2.29. The van der Waals surface area contributed by atoms with E-state index < -0.39 is 11.7 Å². The number of benzene rings is 2. The third-order valence-corrected chi connectivity index (χ3v) is 3.12. The van der Waals surface area contributed by atoms with Crippen LogP contribution in [0.15, 0.2) is 48.5 Å². The maximum Gasteiger partial charge on any atom is 0.416 e. The molecule has 0 amide bonds. The molecule has 0 saturated carbocycles. The monoisotopic (exact) mass is 264 g/mol. The second-order valence-electron chi connectivity index (χ2n) is 4.54. The smallest absolute Gasteiger partial charge is 0.166 e. The van der Waals surface area contributed by atoms with E-state index in [0.717, 1.165) is 29.7 Å². The molecule has 0 fully saturated rings. The number of hydrogen-bond donors (Lipinski definition) is 0. The normalized spacial score (nSPS) is 11.6. The fraction of sp³-hybridized carbons (Fsp3) is 0.250. The van der Waals surface area contributed by atoms with Crippen molar-refractivity contribution in [2.45, 2.75) is 25.9 Å². The van der Waals surface area contributed by atoms with Crippen molar-refractivity contribution in [2.75, 3.05) is 0 Å². The van der Waals surface area contributed by atoms with Crippen molar-refractivity contribution in [1.82, 2.24) is 0 Å². The van der Waals surface area contributed by atoms with Crippen LogP contribution in [0.25, 0.3) is 0 Å². The molecule has 100 valence electrons. The van der Waals surface area contributed by atoms with Gasteiger partial charge in [0.05, 0.1) is 5.56 Å². The minimum atomic E-state index is -4.26. The summed E-state index contributed by atoms with van der Waals surface area (Å²) >= 11 is 0. The lowest BCUT2D eigenvalue weighted by Crippen LogP contribution is -2.04. The van der Waals surface area contributed by atoms with E-state index in [1.807, 2.05) is 12.1 Å². The van der Waals surface area contributed by atoms with Gasteiger partial charge in [-0.15, -0.1) is 0 Å². The van der Waals surface area contributed by atoms with E-state index in [2.05, 4.69) is 19.1 Å². The summed E-state index contributed by atoms with van der Waals surface area (Å²) in [5.41, 5.74) is 2.66. The van der Waals surface area contributed by atoms with E-state index in [0.29, 0.717) is 6.42 Å². The second-order valence-corrected chi connectivity index (χ2v) is 4.54. The zero-order chi connectivity index (χ0) is 13.9. The van der Waals surface area contributed by atoms with Crippen molar-refractivity contribution in [2.24, 2.45) is 0 Å². The molecular weight excluding hydrogens is 249 g/mol. The first kappa shape index (κ1) is 13.7. The fourth-order valence-electron chi connectivity index (χ4n) is 1.94. The van der Waals surface area contributed by atoms with Crippen LogP contribution in [0.4, 0.5) is 13.2 Å². The molecule has 0 nitrogen and oxygen atoms in total. The van der Waals surface area contributed by atoms with Gasteiger partial charge in [0, 0.05) is 0 Å². The minimum absolute atomic E-state index is 0.599. The molecule has 0 radical (unpaired) electrons. The lowest BCUT2D eigenvalue weighted by atomic mass is 10.0. The van der Waals surface area contributed by atoms with Crippen LogP contribution in [0, 0.1) is 0 Å². The summed E-state index contributed by atoms with van der Waals surface area (Å²) in [6.45, 7) is 2.09. The summed E-state index contributed by atoms with van der Waals surface area (Å²) in [6, 6.07) is 13.5. The van der Waals surface area contributed by atoms with Crippen LogP contribution in [-0.2, 0) is 19.0 Å². The third-order valence-electron chi connectivity index (χ3n) is 3.12. The van der Waals surface area contributed by atoms with Gasteiger partial charge in [0.15, 0.2) is 0 Å². The Labute approximate surface area is 110 Å². The van der Waals surface area contributed by atoms with Crippen molar-refractivity contribution in [3.05, 3.63) is 70.8 Å². The van der Waals surface area contributed by atoms with E-state index in [9.17, 15) is 13.2 Å². The Bertz CT molecular complexity index is 521. The largest absolute Gasteiger partial charge is 0.416 e. The average molecular weight is 264 g/mol. The molecule has 0 bridgehead atoms. The lowest BCUT2D eigenvalue weighted by molar-refractivity contribution is -0.137. The first-order chi connectivity index (χ1) is 8.99. The fourth-order valence-corrected chi connectivity index (χ4v) is 1.94. The van der Waals surface area contributed by atoms with Crippen molar-refractivity contribution in [1.29, 1.82) is 0 Å². The number of rotatable bonds is 3. The van der Waals surface area contributed by atoms with Gasteiger partial charge in [0.25, 0.3) is 0 Å². The summed E-state index contributed by atoms with van der Waals surface area (Å²) in [4.78, 5) is 0. The van der Waals surface area contributed by atoms with Crippen molar-refractivity contribution < 1.29 is 13.2 Å². The topological polar surface area (TPSA) is 0 Å². The Hall–Kier alpha value is -1.77. The molecular formula is C16H15F3. The summed E-state index contributed by atoms with van der Waals surface area (Å²) in [5, 5.41) is 0. The summed E-state index contributed by atoms with van der Waals surface area (Å²) in [6.07, 6.45) is -2.62. The molecule has 3 heteroatoms. The quantitative estimate of drug-likeness (QED) is 0.742. The Balaban J connectivity index is 2.10. The Morgan fingerprint density at radius 1 is 0.737 bits per heavy atom. The van der Waals surface area contributed by atoms with Gasteiger partial charge in [-0.2, -0.15) is 13.2 Å². The summed E-state index contributed by atoms with van der Waals surface area (Å²) < 4.78 is 37.3. The van der Waals surface area contributed by atoms with Gasteiger partial charge in [-0.05, 0) is 41.7 Å². The van der Waals surface area contributed by atoms with E-state index in [1.54, 1.807) is 0 Å². The predicted octanol–water partition coefficient (Wildman–Crippen LogP) is 4.86. The van der Waals surface area contributed by atoms with Gasteiger partial charge in [-0.1, -0.05) is 43.3 Å². The van der Waals surface area contributed by atoms with Crippen LogP contribution >= 0.6 is 0 Å². The van der Waals surface area contributed by atoms with Crippen LogP contribution in [0.2, 0.25) is 0 Å². The van der Waals surface area contributed by atoms with Crippen LogP contribution in [0.1, 0.15) is 29.2 Å². The molecule has 0 aliphatic carbocycles. The molecule has 2 aromatic carbocycles. The van der Waals surface area contributed by atoms with Crippen molar-refractivity contribution in [3.63, 3.8) is 0 Å². The van der Waals surface area contributed by atoms with Gasteiger partial charge in [0.2, 0.25) is 0 Å². The minimum Gasteiger partial charge on any atom is -0.166 e. The SMILES string of the molecule is CCc1ccc(Cc2ccc(C(F)(F)F)cc2)cc1. The van der Waals surface area contributed by atoms with Gasteiger partial charge in [0.1, 0.15) is 0 Å². The average Bonchev–Trinajstić information content (AvgIpc) is 2.39. The molecule has 0 aliphatic rings. The van der Waals surface area contributed by atoms with Crippen molar-refractivity contribution >= 4 is 0 Å². The molecule has 2 rings (SSSR count). The maximum absolute atomic E-state index is 12.4. The van der Waals surface area contributed by atoms with Crippen molar-refractivity contribution in [3.8, 4) is 0 Å². The molecule has 19 heavy (non-hydrogen) atoms. The molecule has 0 saturated heterocycles. The second kappa shape index (κ2) is 5.47. The van der Waals surface area contributed by atoms with Gasteiger partial charge < -0.3 is 0 Å². The molecule has 0 heterocycles. The zero-order valence-electron chi connectivity index (χ0n) is 10.7. The third kappa shape index (κ3) is 3.60. The highest BCUT2D eigenvalue weighted by Gasteiger charge is 2.29. The number of hydrogen-bond acceptors (Lipinski definition) is 0. The van der Waals surface area contributed by atoms with E-state index in [1.165, 1.54) is 17.7 Å². The lowest BCUT2D eigenvalue weighted by Gasteiger charge is -2.08. The summed E-state index contributed by atoms with van der Waals surface area (Å²) in [5.74, 6) is 0. The maximum atomic E-state index is 12.4. The highest BCUT2D eigenvalue weighted by atomic mass is 19.4. The van der Waals surface area contributed by atoms with Gasteiger partial charge >= 0.3 is 6.18 Å². The van der Waals surface area contributed by atoms with E-state index >= 15 is 0 Å². The standard InChI is InChI=1S/C16H15F3/c1-2-12-3-5-13(6-4-12)11-14-7-9-15(10-8-14)16(17,18)19/h3-10H,2,11H2,1H3. The van der Waals surface area contributed by atoms with Crippen LogP contribution in [0.3, 0.4) is 0 Å². The molecule has 0 spiro atoms. The predicted molar refractivity (Wildman–Crippen MR) is 70.1 cm³/mol. The van der Waals surface area contributed by atoms with E-state index in [-0.39, 0.29) is 0 Å². The highest BCUT2D eigenvalue weighted by molar-refractivity contribution is 5.31. The number of aryl methyl sites for hydroxylation is 1. The molecule has 0 aliphatic heterocycles. The van der Waals surface area contributed by atoms with Crippen LogP contribution < -0.4 is 0 Å². The first-order valence-electron chi connectivity index (χ1n) is 6.23. The van der Waals surface area contributed by atoms with Gasteiger partial charge in [-0.25, -0.2) is 0 Å². The van der Waals surface area contributed by atoms with E-state index in [4.69, 9.17) is 0 Å². The molecule has 0 atom stereocenters. The molecule has 0 unspecified atom stereocenters. The Morgan fingerprint density at radius 3 is 1.58 bits per heavy atom. The summed E-state index contributed by atoms with van der Waals surface area (Å²) in [7, 11) is 0. The first-order valence-corrected chi connectivity index (χ1v) is 6.23. The Kier molecular flexibility index (Phi) is 3.93. The molecule has 0 aromatic heterocycles.